The number of amides is 4. The molecule has 8 heteroatoms. The summed E-state index contributed by atoms with van der Waals surface area (Å²) in [6.07, 6.45) is 5.91. The summed E-state index contributed by atoms with van der Waals surface area (Å²) in [5.74, 6) is -4.82. The first-order valence-electron chi connectivity index (χ1n) is 15.0. The second-order valence-electron chi connectivity index (χ2n) is 12.1. The molecule has 0 spiro atoms. The van der Waals surface area contributed by atoms with E-state index in [2.05, 4.69) is 13.2 Å². The Morgan fingerprint density at radius 3 is 1.82 bits per heavy atom. The molecule has 4 aliphatic rings. The first kappa shape index (κ1) is 28.5. The Bertz CT molecular complexity index is 1810. The number of allylic oxidation sites excluding steroid dienone is 2. The summed E-state index contributed by atoms with van der Waals surface area (Å²) in [4.78, 5) is 58.8. The number of hydrogen-bond acceptors (Lipinski definition) is 6. The molecule has 226 valence electrons. The fraction of sp³-hybridized carbons (Fsp3) is 0.243. The molecule has 2 aliphatic heterocycles. The van der Waals surface area contributed by atoms with E-state index in [1.807, 2.05) is 6.08 Å². The molecule has 8 nitrogen and oxygen atoms in total. The van der Waals surface area contributed by atoms with Crippen molar-refractivity contribution in [3.05, 3.63) is 108 Å². The van der Waals surface area contributed by atoms with Gasteiger partial charge in [-0.15, -0.1) is 0 Å². The fourth-order valence-electron chi connectivity index (χ4n) is 7.88. The van der Waals surface area contributed by atoms with Crippen molar-refractivity contribution in [2.24, 2.45) is 29.6 Å². The molecular formula is C37H32N2O6. The molecule has 6 atom stereocenters. The minimum absolute atomic E-state index is 0.0615. The van der Waals surface area contributed by atoms with Crippen LogP contribution in [0.1, 0.15) is 35.4 Å². The van der Waals surface area contributed by atoms with Gasteiger partial charge in [-0.05, 0) is 60.2 Å². The minimum atomic E-state index is -0.787. The number of carbonyl (C=O) groups excluding carboxylic acids is 4. The Balaban J connectivity index is 1.32. The van der Waals surface area contributed by atoms with Crippen LogP contribution < -0.4 is 14.5 Å². The van der Waals surface area contributed by atoms with Crippen molar-refractivity contribution in [1.29, 1.82) is 0 Å². The van der Waals surface area contributed by atoms with Gasteiger partial charge in [-0.2, -0.15) is 0 Å². The van der Waals surface area contributed by atoms with Gasteiger partial charge in [0.2, 0.25) is 23.6 Å². The van der Waals surface area contributed by atoms with E-state index < -0.39 is 35.5 Å². The number of fused-ring (bicyclic) bond motifs is 4. The van der Waals surface area contributed by atoms with E-state index in [9.17, 15) is 24.3 Å². The minimum Gasteiger partial charge on any atom is -0.508 e. The number of imide groups is 2. The molecule has 2 heterocycles. The molecule has 0 bridgehead atoms. The SMILES string of the molecule is C=Cc1ccc(N2C(=O)[C@H]3[C@H](CC=C4[C@H]3C[C@H]3C(=O)N(c5ccc(C=C)cc5)C(=O)[C@H]3[C@H]4c3ccc(OC)cc3O)C2=O)cc1. The van der Waals surface area contributed by atoms with Crippen LogP contribution in [-0.4, -0.2) is 35.8 Å². The molecule has 2 saturated heterocycles. The van der Waals surface area contributed by atoms with E-state index in [1.165, 1.54) is 23.0 Å². The Labute approximate surface area is 260 Å². The van der Waals surface area contributed by atoms with Gasteiger partial charge in [0.1, 0.15) is 11.5 Å². The van der Waals surface area contributed by atoms with Gasteiger partial charge in [0.25, 0.3) is 0 Å². The van der Waals surface area contributed by atoms with Gasteiger partial charge in [-0.3, -0.25) is 29.0 Å². The van der Waals surface area contributed by atoms with E-state index >= 15 is 0 Å². The zero-order valence-corrected chi connectivity index (χ0v) is 24.8. The number of methoxy groups -OCH3 is 1. The summed E-state index contributed by atoms with van der Waals surface area (Å²) in [7, 11) is 1.50. The summed E-state index contributed by atoms with van der Waals surface area (Å²) in [6, 6.07) is 19.1. The van der Waals surface area contributed by atoms with E-state index in [0.717, 1.165) is 16.7 Å². The number of rotatable bonds is 6. The molecule has 3 fully saturated rings. The first-order chi connectivity index (χ1) is 21.8. The number of anilines is 2. The number of phenolic OH excluding ortho intramolecular Hbond substituents is 1. The van der Waals surface area contributed by atoms with Gasteiger partial charge in [0, 0.05) is 17.5 Å². The fourth-order valence-corrected chi connectivity index (χ4v) is 7.88. The molecular weight excluding hydrogens is 568 g/mol. The topological polar surface area (TPSA) is 104 Å². The second-order valence-corrected chi connectivity index (χ2v) is 12.1. The van der Waals surface area contributed by atoms with Gasteiger partial charge in [-0.1, -0.05) is 67.3 Å². The van der Waals surface area contributed by atoms with Crippen LogP contribution in [0.2, 0.25) is 0 Å². The molecule has 7 rings (SSSR count). The van der Waals surface area contributed by atoms with Crippen molar-refractivity contribution in [2.45, 2.75) is 18.8 Å². The summed E-state index contributed by atoms with van der Waals surface area (Å²) in [5, 5.41) is 11.2. The average molecular weight is 601 g/mol. The molecule has 1 saturated carbocycles. The van der Waals surface area contributed by atoms with Crippen molar-refractivity contribution in [1.82, 2.24) is 0 Å². The van der Waals surface area contributed by atoms with Crippen molar-refractivity contribution in [3.63, 3.8) is 0 Å². The van der Waals surface area contributed by atoms with Crippen molar-refractivity contribution in [3.8, 4) is 11.5 Å². The molecule has 3 aromatic rings. The lowest BCUT2D eigenvalue weighted by molar-refractivity contribution is -0.126. The largest absolute Gasteiger partial charge is 0.508 e. The zero-order chi connectivity index (χ0) is 31.6. The zero-order valence-electron chi connectivity index (χ0n) is 24.8. The van der Waals surface area contributed by atoms with Crippen LogP contribution in [0.3, 0.4) is 0 Å². The number of benzene rings is 3. The Morgan fingerprint density at radius 2 is 1.29 bits per heavy atom. The van der Waals surface area contributed by atoms with E-state index in [-0.39, 0.29) is 35.8 Å². The lowest BCUT2D eigenvalue weighted by Gasteiger charge is -2.44. The summed E-state index contributed by atoms with van der Waals surface area (Å²) >= 11 is 0. The van der Waals surface area contributed by atoms with E-state index in [4.69, 9.17) is 4.74 Å². The Kier molecular flexibility index (Phi) is 6.80. The van der Waals surface area contributed by atoms with Crippen LogP contribution in [0.25, 0.3) is 12.2 Å². The smallest absolute Gasteiger partial charge is 0.238 e. The van der Waals surface area contributed by atoms with Crippen LogP contribution in [0.15, 0.2) is 91.5 Å². The molecule has 2 aliphatic carbocycles. The third-order valence-corrected chi connectivity index (χ3v) is 10.00. The van der Waals surface area contributed by atoms with Gasteiger partial charge in [-0.25, -0.2) is 0 Å². The predicted molar refractivity (Wildman–Crippen MR) is 170 cm³/mol. The van der Waals surface area contributed by atoms with E-state index in [0.29, 0.717) is 29.1 Å². The van der Waals surface area contributed by atoms with Gasteiger partial charge in [0.15, 0.2) is 0 Å². The second kappa shape index (κ2) is 10.7. The highest BCUT2D eigenvalue weighted by Crippen LogP contribution is 2.59. The standard InChI is InChI=1S/C37H32N2O6/c1-4-20-6-10-22(11-7-20)38-34(41)27-17-16-25-28(32(27)36(38)43)19-29-33(31(25)26-15-14-24(45-3)18-30(26)40)37(44)39(35(29)42)23-12-8-21(5-2)9-13-23/h4-16,18,27-29,31-33,40H,1-2,17,19H2,3H3/t27-,28+,29+,31+,32-,33+/m0/s1. The van der Waals surface area contributed by atoms with Gasteiger partial charge in [0.05, 0.1) is 42.2 Å². The highest BCUT2D eigenvalue weighted by atomic mass is 16.5. The molecule has 0 aromatic heterocycles. The summed E-state index contributed by atoms with van der Waals surface area (Å²) in [5.41, 5.74) is 3.97. The van der Waals surface area contributed by atoms with Crippen molar-refractivity contribution in [2.75, 3.05) is 16.9 Å². The Morgan fingerprint density at radius 1 is 0.733 bits per heavy atom. The van der Waals surface area contributed by atoms with Crippen LogP contribution >= 0.6 is 0 Å². The number of aromatic hydroxyl groups is 1. The number of carbonyl (C=O) groups is 4. The quantitative estimate of drug-likeness (QED) is 0.286. The number of hydrogen-bond donors (Lipinski definition) is 1. The van der Waals surface area contributed by atoms with Crippen LogP contribution in [0.5, 0.6) is 11.5 Å². The van der Waals surface area contributed by atoms with Gasteiger partial charge < -0.3 is 9.84 Å². The van der Waals surface area contributed by atoms with Gasteiger partial charge >= 0.3 is 0 Å². The molecule has 0 unspecified atom stereocenters. The van der Waals surface area contributed by atoms with Crippen molar-refractivity contribution >= 4 is 47.2 Å². The lowest BCUT2D eigenvalue weighted by atomic mass is 9.57. The highest BCUT2D eigenvalue weighted by molar-refractivity contribution is 6.24. The molecule has 0 radical (unpaired) electrons. The first-order valence-corrected chi connectivity index (χ1v) is 15.0. The number of phenols is 1. The maximum Gasteiger partial charge on any atom is 0.238 e. The average Bonchev–Trinajstić information content (AvgIpc) is 3.47. The lowest BCUT2D eigenvalue weighted by Crippen LogP contribution is -2.43. The number of ether oxygens (including phenoxy) is 1. The van der Waals surface area contributed by atoms with Crippen LogP contribution in [0.4, 0.5) is 11.4 Å². The number of nitrogens with zero attached hydrogens (tertiary/aromatic N) is 2. The molecule has 4 amide bonds. The maximum absolute atomic E-state index is 14.2. The molecule has 45 heavy (non-hydrogen) atoms. The monoisotopic (exact) mass is 600 g/mol. The molecule has 3 aromatic carbocycles. The normalized spacial score (nSPS) is 27.1. The predicted octanol–water partition coefficient (Wildman–Crippen LogP) is 5.73. The maximum atomic E-state index is 14.2. The van der Waals surface area contributed by atoms with Crippen molar-refractivity contribution < 1.29 is 29.0 Å². The Hall–Kier alpha value is -5.24. The summed E-state index contributed by atoms with van der Waals surface area (Å²) < 4.78 is 5.31. The summed E-state index contributed by atoms with van der Waals surface area (Å²) in [6.45, 7) is 7.55. The third-order valence-electron chi connectivity index (χ3n) is 10.00. The third kappa shape index (κ3) is 4.27. The highest BCUT2D eigenvalue weighted by Gasteiger charge is 2.62. The molecule has 1 N–H and O–H groups in total. The van der Waals surface area contributed by atoms with Crippen LogP contribution in [0, 0.1) is 29.6 Å². The van der Waals surface area contributed by atoms with Crippen LogP contribution in [-0.2, 0) is 19.2 Å². The van der Waals surface area contributed by atoms with E-state index in [1.54, 1.807) is 72.8 Å².